The standard InChI is InChI=1S/C18H30.CH4O/c1-18-12-3-2-6-14(18)9-10-16-15-7-4-5-13(15)8-11-17(16)18;1-2/h13-17H,2-12H2,1H3;2H,1H3. The Morgan fingerprint density at radius 2 is 1.60 bits per heavy atom. The van der Waals surface area contributed by atoms with Crippen LogP contribution >= 0.6 is 0 Å². The van der Waals surface area contributed by atoms with Crippen molar-refractivity contribution >= 4 is 0 Å². The van der Waals surface area contributed by atoms with Gasteiger partial charge in [0, 0.05) is 7.11 Å². The molecule has 1 nitrogen and oxygen atoms in total. The molecule has 1 N–H and O–H groups in total. The van der Waals surface area contributed by atoms with Crippen LogP contribution in [0.3, 0.4) is 0 Å². The maximum Gasteiger partial charge on any atom is 0.0319 e. The number of hydrogen-bond donors (Lipinski definition) is 1. The van der Waals surface area contributed by atoms with Crippen LogP contribution in [0.15, 0.2) is 0 Å². The van der Waals surface area contributed by atoms with Crippen LogP contribution in [0.25, 0.3) is 0 Å². The van der Waals surface area contributed by atoms with E-state index in [-0.39, 0.29) is 0 Å². The van der Waals surface area contributed by atoms with E-state index in [2.05, 4.69) is 6.92 Å². The van der Waals surface area contributed by atoms with Crippen LogP contribution in [0.2, 0.25) is 0 Å². The second-order valence-corrected chi connectivity index (χ2v) is 8.23. The normalized spacial score (nSPS) is 50.2. The molecule has 4 rings (SSSR count). The van der Waals surface area contributed by atoms with Gasteiger partial charge in [0.1, 0.15) is 0 Å². The Bertz CT molecular complexity index is 326. The molecule has 4 aliphatic rings. The fourth-order valence-corrected chi connectivity index (χ4v) is 6.91. The Hall–Kier alpha value is -0.0400. The molecule has 0 spiro atoms. The lowest BCUT2D eigenvalue weighted by atomic mass is 9.47. The summed E-state index contributed by atoms with van der Waals surface area (Å²) in [6, 6.07) is 0. The van der Waals surface area contributed by atoms with Crippen LogP contribution in [0.5, 0.6) is 0 Å². The van der Waals surface area contributed by atoms with E-state index in [4.69, 9.17) is 5.11 Å². The van der Waals surface area contributed by atoms with Gasteiger partial charge in [0.05, 0.1) is 0 Å². The van der Waals surface area contributed by atoms with Gasteiger partial charge in [-0.15, -0.1) is 0 Å². The van der Waals surface area contributed by atoms with Crippen molar-refractivity contribution in [2.45, 2.75) is 77.6 Å². The minimum Gasteiger partial charge on any atom is -0.400 e. The van der Waals surface area contributed by atoms with Crippen molar-refractivity contribution < 1.29 is 5.11 Å². The molecule has 0 aliphatic heterocycles. The second-order valence-electron chi connectivity index (χ2n) is 8.23. The molecule has 0 bridgehead atoms. The first-order chi connectivity index (χ1) is 9.79. The molecule has 0 amide bonds. The van der Waals surface area contributed by atoms with Gasteiger partial charge in [-0.3, -0.25) is 0 Å². The summed E-state index contributed by atoms with van der Waals surface area (Å²) in [5.74, 6) is 5.67. The molecular weight excluding hydrogens is 244 g/mol. The molecule has 0 radical (unpaired) electrons. The van der Waals surface area contributed by atoms with Crippen molar-refractivity contribution in [3.8, 4) is 0 Å². The molecule has 20 heavy (non-hydrogen) atoms. The molecule has 0 aromatic rings. The largest absolute Gasteiger partial charge is 0.400 e. The Balaban J connectivity index is 0.000000581. The van der Waals surface area contributed by atoms with Crippen LogP contribution in [-0.2, 0) is 0 Å². The summed E-state index contributed by atoms with van der Waals surface area (Å²) in [5.41, 5.74) is 0.759. The second kappa shape index (κ2) is 5.99. The van der Waals surface area contributed by atoms with Gasteiger partial charge >= 0.3 is 0 Å². The Morgan fingerprint density at radius 3 is 2.45 bits per heavy atom. The quantitative estimate of drug-likeness (QED) is 0.659. The predicted octanol–water partition coefficient (Wildman–Crippen LogP) is 5.03. The number of rotatable bonds is 0. The molecule has 0 saturated heterocycles. The van der Waals surface area contributed by atoms with E-state index in [1.807, 2.05) is 0 Å². The van der Waals surface area contributed by atoms with Gasteiger partial charge in [0.15, 0.2) is 0 Å². The summed E-state index contributed by atoms with van der Waals surface area (Å²) in [4.78, 5) is 0. The Kier molecular flexibility index (Phi) is 4.45. The third-order valence-corrected chi connectivity index (χ3v) is 7.78. The molecule has 6 unspecified atom stereocenters. The zero-order chi connectivity index (χ0) is 14.2. The summed E-state index contributed by atoms with van der Waals surface area (Å²) < 4.78 is 0. The molecule has 0 aromatic heterocycles. The summed E-state index contributed by atoms with van der Waals surface area (Å²) in [6.45, 7) is 2.70. The first-order valence-corrected chi connectivity index (χ1v) is 9.24. The lowest BCUT2D eigenvalue weighted by molar-refractivity contribution is -0.0834. The first-order valence-electron chi connectivity index (χ1n) is 9.24. The number of aliphatic hydroxyl groups excluding tert-OH is 1. The van der Waals surface area contributed by atoms with E-state index in [0.717, 1.165) is 42.1 Å². The zero-order valence-electron chi connectivity index (χ0n) is 13.6. The van der Waals surface area contributed by atoms with Crippen molar-refractivity contribution in [3.63, 3.8) is 0 Å². The van der Waals surface area contributed by atoms with Crippen molar-refractivity contribution in [1.29, 1.82) is 0 Å². The van der Waals surface area contributed by atoms with Gasteiger partial charge in [-0.25, -0.2) is 0 Å². The van der Waals surface area contributed by atoms with E-state index in [1.54, 1.807) is 57.8 Å². The third kappa shape index (κ3) is 2.25. The fourth-order valence-electron chi connectivity index (χ4n) is 6.91. The lowest BCUT2D eigenvalue weighted by Gasteiger charge is -2.58. The summed E-state index contributed by atoms with van der Waals surface area (Å²) in [5, 5.41) is 7.00. The van der Waals surface area contributed by atoms with Crippen LogP contribution < -0.4 is 0 Å². The fraction of sp³-hybridized carbons (Fsp3) is 1.00. The minimum atomic E-state index is 0.759. The molecule has 1 heteroatoms. The van der Waals surface area contributed by atoms with Crippen molar-refractivity contribution in [2.24, 2.45) is 35.0 Å². The average Bonchev–Trinajstić information content (AvgIpc) is 2.97. The highest BCUT2D eigenvalue weighted by Crippen LogP contribution is 2.62. The smallest absolute Gasteiger partial charge is 0.0319 e. The van der Waals surface area contributed by atoms with E-state index in [1.165, 1.54) is 12.8 Å². The van der Waals surface area contributed by atoms with Crippen molar-refractivity contribution in [1.82, 2.24) is 0 Å². The van der Waals surface area contributed by atoms with E-state index in [9.17, 15) is 0 Å². The van der Waals surface area contributed by atoms with Gasteiger partial charge in [-0.05, 0) is 80.0 Å². The highest BCUT2D eigenvalue weighted by atomic mass is 16.2. The summed E-state index contributed by atoms with van der Waals surface area (Å²) in [6.07, 6.45) is 17.3. The highest BCUT2D eigenvalue weighted by Gasteiger charge is 2.53. The highest BCUT2D eigenvalue weighted by molar-refractivity contribution is 5.03. The molecule has 0 aromatic carbocycles. The molecular formula is C19H34O. The minimum absolute atomic E-state index is 0.759. The average molecular weight is 278 g/mol. The maximum absolute atomic E-state index is 7.00. The van der Waals surface area contributed by atoms with Gasteiger partial charge in [0.25, 0.3) is 0 Å². The molecule has 116 valence electrons. The summed E-state index contributed by atoms with van der Waals surface area (Å²) in [7, 11) is 1.00. The zero-order valence-corrected chi connectivity index (χ0v) is 13.6. The van der Waals surface area contributed by atoms with Gasteiger partial charge in [0.2, 0.25) is 0 Å². The Morgan fingerprint density at radius 1 is 0.750 bits per heavy atom. The van der Waals surface area contributed by atoms with E-state index < -0.39 is 0 Å². The van der Waals surface area contributed by atoms with Crippen LogP contribution in [0.4, 0.5) is 0 Å². The maximum atomic E-state index is 7.00. The first kappa shape index (κ1) is 14.9. The number of hydrogen-bond acceptors (Lipinski definition) is 1. The topological polar surface area (TPSA) is 20.2 Å². The van der Waals surface area contributed by atoms with E-state index >= 15 is 0 Å². The van der Waals surface area contributed by atoms with Crippen molar-refractivity contribution in [3.05, 3.63) is 0 Å². The number of aliphatic hydroxyl groups is 1. The summed E-state index contributed by atoms with van der Waals surface area (Å²) >= 11 is 0. The third-order valence-electron chi connectivity index (χ3n) is 7.78. The van der Waals surface area contributed by atoms with Gasteiger partial charge in [-0.2, -0.15) is 0 Å². The van der Waals surface area contributed by atoms with Crippen LogP contribution in [0.1, 0.15) is 77.6 Å². The lowest BCUT2D eigenvalue weighted by Crippen LogP contribution is -2.49. The van der Waals surface area contributed by atoms with Crippen molar-refractivity contribution in [2.75, 3.05) is 7.11 Å². The molecule has 0 heterocycles. The molecule has 4 fully saturated rings. The van der Waals surface area contributed by atoms with Gasteiger partial charge in [-0.1, -0.05) is 32.6 Å². The predicted molar refractivity (Wildman–Crippen MR) is 84.5 cm³/mol. The molecule has 4 aliphatic carbocycles. The molecule has 4 saturated carbocycles. The molecule has 6 atom stereocenters. The monoisotopic (exact) mass is 278 g/mol. The SMILES string of the molecule is CC12CCCCC1CCC1C3CCCC3CCC12.CO. The van der Waals surface area contributed by atoms with Crippen LogP contribution in [-0.4, -0.2) is 12.2 Å². The van der Waals surface area contributed by atoms with Crippen LogP contribution in [0, 0.1) is 35.0 Å². The number of fused-ring (bicyclic) bond motifs is 5. The Labute approximate surface area is 125 Å². The van der Waals surface area contributed by atoms with E-state index in [0.29, 0.717) is 0 Å². The van der Waals surface area contributed by atoms with Gasteiger partial charge < -0.3 is 5.11 Å².